The van der Waals surface area contributed by atoms with Crippen molar-refractivity contribution in [2.45, 2.75) is 6.61 Å². The Morgan fingerprint density at radius 1 is 1.26 bits per heavy atom. The second-order valence-corrected chi connectivity index (χ2v) is 5.13. The second kappa shape index (κ2) is 6.05. The molecule has 0 aliphatic carbocycles. The molecule has 23 heavy (non-hydrogen) atoms. The first kappa shape index (κ1) is 15.0. The van der Waals surface area contributed by atoms with Gasteiger partial charge in [0.25, 0.3) is 5.69 Å². The maximum atomic E-state index is 12.0. The topological polar surface area (TPSA) is 86.7 Å². The molecule has 0 radical (unpaired) electrons. The highest BCUT2D eigenvalue weighted by atomic mass is 35.5. The summed E-state index contributed by atoms with van der Waals surface area (Å²) in [6.45, 7) is -0.0931. The van der Waals surface area contributed by atoms with Crippen molar-refractivity contribution in [3.8, 4) is 0 Å². The number of aromatic nitrogens is 2. The van der Waals surface area contributed by atoms with E-state index in [0.29, 0.717) is 16.4 Å². The van der Waals surface area contributed by atoms with Crippen LogP contribution in [0.1, 0.15) is 16.1 Å². The molecule has 0 aliphatic rings. The van der Waals surface area contributed by atoms with Gasteiger partial charge in [-0.2, -0.15) is 0 Å². The van der Waals surface area contributed by atoms with Crippen molar-refractivity contribution in [2.24, 2.45) is 0 Å². The van der Waals surface area contributed by atoms with E-state index in [1.165, 1.54) is 24.3 Å². The van der Waals surface area contributed by atoms with Gasteiger partial charge in [-0.3, -0.25) is 10.1 Å². The molecule has 0 fully saturated rings. The van der Waals surface area contributed by atoms with Crippen LogP contribution < -0.4 is 0 Å². The van der Waals surface area contributed by atoms with Gasteiger partial charge in [0.2, 0.25) is 0 Å². The summed E-state index contributed by atoms with van der Waals surface area (Å²) >= 11 is 5.88. The van der Waals surface area contributed by atoms with Crippen LogP contribution in [-0.4, -0.2) is 20.3 Å². The number of carbonyl (C=O) groups excluding carboxylic acids is 1. The third kappa shape index (κ3) is 3.14. The van der Waals surface area contributed by atoms with Gasteiger partial charge in [0, 0.05) is 18.5 Å². The van der Waals surface area contributed by atoms with E-state index in [2.05, 4.69) is 4.98 Å². The van der Waals surface area contributed by atoms with Gasteiger partial charge in [-0.25, -0.2) is 9.78 Å². The molecule has 0 spiro atoms. The molecule has 3 aromatic rings. The smallest absolute Gasteiger partial charge is 0.345 e. The number of nitro groups is 1. The number of carbonyl (C=O) groups is 1. The molecule has 0 amide bonds. The normalized spacial score (nSPS) is 10.7. The fourth-order valence-corrected chi connectivity index (χ4v) is 2.28. The lowest BCUT2D eigenvalue weighted by molar-refractivity contribution is -0.385. The Balaban J connectivity index is 1.77. The Morgan fingerprint density at radius 3 is 2.83 bits per heavy atom. The summed E-state index contributed by atoms with van der Waals surface area (Å²) in [6.07, 6.45) is 3.35. The van der Waals surface area contributed by atoms with E-state index < -0.39 is 10.9 Å². The van der Waals surface area contributed by atoms with Crippen molar-refractivity contribution < 1.29 is 14.5 Å². The first-order chi connectivity index (χ1) is 11.0. The number of ether oxygens (including phenoxy) is 1. The molecule has 2 heterocycles. The lowest BCUT2D eigenvalue weighted by atomic mass is 10.2. The van der Waals surface area contributed by atoms with Gasteiger partial charge < -0.3 is 9.14 Å². The van der Waals surface area contributed by atoms with Crippen LogP contribution in [0, 0.1) is 10.1 Å². The molecule has 0 saturated heterocycles. The van der Waals surface area contributed by atoms with Crippen molar-refractivity contribution in [1.82, 2.24) is 9.38 Å². The van der Waals surface area contributed by atoms with Crippen LogP contribution in [0.2, 0.25) is 5.02 Å². The molecular formula is C15H10ClN3O4. The standard InChI is InChI=1S/C15H10ClN3O4/c16-10-5-6-14-17-11(8-18(14)7-10)9-23-15(20)12-3-1-2-4-13(12)19(21)22/h1-8H,9H2. The first-order valence-electron chi connectivity index (χ1n) is 6.58. The zero-order valence-electron chi connectivity index (χ0n) is 11.7. The number of esters is 1. The maximum Gasteiger partial charge on any atom is 0.345 e. The van der Waals surface area contributed by atoms with E-state index in [1.807, 2.05) is 0 Å². The second-order valence-electron chi connectivity index (χ2n) is 4.70. The van der Waals surface area contributed by atoms with Gasteiger partial charge in [-0.15, -0.1) is 0 Å². The van der Waals surface area contributed by atoms with Crippen molar-refractivity contribution in [3.05, 3.63) is 75.2 Å². The van der Waals surface area contributed by atoms with Crippen LogP contribution >= 0.6 is 11.6 Å². The average molecular weight is 332 g/mol. The molecule has 116 valence electrons. The third-order valence-corrected chi connectivity index (χ3v) is 3.36. The van der Waals surface area contributed by atoms with Crippen LogP contribution in [0.4, 0.5) is 5.69 Å². The minimum atomic E-state index is -0.771. The number of fused-ring (bicyclic) bond motifs is 1. The predicted molar refractivity (Wildman–Crippen MR) is 82.4 cm³/mol. The number of hydrogen-bond acceptors (Lipinski definition) is 5. The summed E-state index contributed by atoms with van der Waals surface area (Å²) < 4.78 is 6.82. The summed E-state index contributed by atoms with van der Waals surface area (Å²) in [5, 5.41) is 11.5. The van der Waals surface area contributed by atoms with Crippen molar-refractivity contribution >= 4 is 28.9 Å². The third-order valence-electron chi connectivity index (χ3n) is 3.14. The summed E-state index contributed by atoms with van der Waals surface area (Å²) in [5.74, 6) is -0.771. The Bertz CT molecular complexity index is 907. The Hall–Kier alpha value is -2.93. The minimum absolute atomic E-state index is 0.0931. The van der Waals surface area contributed by atoms with Gasteiger partial charge in [0.05, 0.1) is 15.6 Å². The highest BCUT2D eigenvalue weighted by Crippen LogP contribution is 2.19. The first-order valence-corrected chi connectivity index (χ1v) is 6.96. The van der Waals surface area contributed by atoms with E-state index in [9.17, 15) is 14.9 Å². The summed E-state index contributed by atoms with van der Waals surface area (Å²) in [4.78, 5) is 26.6. The van der Waals surface area contributed by atoms with Gasteiger partial charge in [0.1, 0.15) is 17.8 Å². The van der Waals surface area contributed by atoms with Gasteiger partial charge in [-0.05, 0) is 18.2 Å². The van der Waals surface area contributed by atoms with Gasteiger partial charge in [-0.1, -0.05) is 23.7 Å². The van der Waals surface area contributed by atoms with Crippen LogP contribution in [0.3, 0.4) is 0 Å². The highest BCUT2D eigenvalue weighted by molar-refractivity contribution is 6.30. The molecule has 7 nitrogen and oxygen atoms in total. The number of imidazole rings is 1. The zero-order chi connectivity index (χ0) is 16.4. The molecule has 1 aromatic carbocycles. The Morgan fingerprint density at radius 2 is 2.04 bits per heavy atom. The van der Waals surface area contributed by atoms with E-state index in [1.54, 1.807) is 28.9 Å². The summed E-state index contributed by atoms with van der Waals surface area (Å²) in [5.41, 5.74) is 0.786. The van der Waals surface area contributed by atoms with Crippen molar-refractivity contribution in [3.63, 3.8) is 0 Å². The quantitative estimate of drug-likeness (QED) is 0.416. The van der Waals surface area contributed by atoms with E-state index in [4.69, 9.17) is 16.3 Å². The Labute approximate surface area is 135 Å². The average Bonchev–Trinajstić information content (AvgIpc) is 2.94. The highest BCUT2D eigenvalue weighted by Gasteiger charge is 2.20. The lowest BCUT2D eigenvalue weighted by Gasteiger charge is -2.03. The molecule has 0 N–H and O–H groups in total. The minimum Gasteiger partial charge on any atom is -0.455 e. The number of pyridine rings is 1. The van der Waals surface area contributed by atoms with E-state index in [0.717, 1.165) is 0 Å². The van der Waals surface area contributed by atoms with Crippen LogP contribution in [0.15, 0.2) is 48.8 Å². The number of hydrogen-bond donors (Lipinski definition) is 0. The predicted octanol–water partition coefficient (Wildman–Crippen LogP) is 3.25. The number of nitro benzene ring substituents is 1. The number of rotatable bonds is 4. The Kier molecular flexibility index (Phi) is 3.94. The number of nitrogens with zero attached hydrogens (tertiary/aromatic N) is 3. The van der Waals surface area contributed by atoms with Crippen LogP contribution in [0.25, 0.3) is 5.65 Å². The number of halogens is 1. The summed E-state index contributed by atoms with van der Waals surface area (Å²) in [6, 6.07) is 9.06. The fourth-order valence-electron chi connectivity index (χ4n) is 2.11. The molecule has 2 aromatic heterocycles. The zero-order valence-corrected chi connectivity index (χ0v) is 12.4. The largest absolute Gasteiger partial charge is 0.455 e. The van der Waals surface area contributed by atoms with Crippen LogP contribution in [-0.2, 0) is 11.3 Å². The number of benzene rings is 1. The molecule has 8 heteroatoms. The molecule has 0 unspecified atom stereocenters. The number of para-hydroxylation sites is 1. The van der Waals surface area contributed by atoms with Gasteiger partial charge in [0.15, 0.2) is 0 Å². The monoisotopic (exact) mass is 331 g/mol. The molecule has 0 bridgehead atoms. The molecular weight excluding hydrogens is 322 g/mol. The fraction of sp³-hybridized carbons (Fsp3) is 0.0667. The van der Waals surface area contributed by atoms with Crippen LogP contribution in [0.5, 0.6) is 0 Å². The SMILES string of the molecule is O=C(OCc1cn2cc(Cl)ccc2n1)c1ccccc1[N+](=O)[O-]. The van der Waals surface area contributed by atoms with Crippen molar-refractivity contribution in [1.29, 1.82) is 0 Å². The van der Waals surface area contributed by atoms with Gasteiger partial charge >= 0.3 is 5.97 Å². The van der Waals surface area contributed by atoms with E-state index >= 15 is 0 Å². The molecule has 0 saturated carbocycles. The lowest BCUT2D eigenvalue weighted by Crippen LogP contribution is -2.08. The molecule has 0 aliphatic heterocycles. The maximum absolute atomic E-state index is 12.0. The molecule has 0 atom stereocenters. The summed E-state index contributed by atoms with van der Waals surface area (Å²) in [7, 11) is 0. The van der Waals surface area contributed by atoms with Crippen molar-refractivity contribution in [2.75, 3.05) is 0 Å². The molecule has 3 rings (SSSR count). The van der Waals surface area contributed by atoms with E-state index in [-0.39, 0.29) is 17.9 Å².